The standard InChI is InChI=1S/C22H22N2O2/c1-17-12-14-19(15-13-17)22(18-8-4-2-5-9-18)24-23-21(25)16-26-20-10-6-3-7-11-20/h2-15,22,24H,16H2,1H3,(H,23,25). The Balaban J connectivity index is 1.64. The third kappa shape index (κ3) is 4.94. The van der Waals surface area contributed by atoms with Crippen molar-refractivity contribution in [2.45, 2.75) is 13.0 Å². The van der Waals surface area contributed by atoms with E-state index in [0.717, 1.165) is 11.1 Å². The van der Waals surface area contributed by atoms with E-state index in [1.165, 1.54) is 5.56 Å². The van der Waals surface area contributed by atoms with Crippen molar-refractivity contribution in [2.75, 3.05) is 6.61 Å². The summed E-state index contributed by atoms with van der Waals surface area (Å²) in [6.45, 7) is 2.00. The van der Waals surface area contributed by atoms with Gasteiger partial charge >= 0.3 is 0 Å². The molecule has 0 bridgehead atoms. The number of amides is 1. The molecule has 26 heavy (non-hydrogen) atoms. The zero-order chi connectivity index (χ0) is 18.2. The number of carbonyl (C=O) groups excluding carboxylic acids is 1. The van der Waals surface area contributed by atoms with Gasteiger partial charge in [-0.3, -0.25) is 10.2 Å². The first-order valence-electron chi connectivity index (χ1n) is 8.56. The molecule has 0 heterocycles. The maximum atomic E-state index is 12.1. The number of benzene rings is 3. The third-order valence-corrected chi connectivity index (χ3v) is 4.01. The maximum absolute atomic E-state index is 12.1. The molecule has 4 nitrogen and oxygen atoms in total. The van der Waals surface area contributed by atoms with Gasteiger partial charge in [-0.25, -0.2) is 5.43 Å². The Kier molecular flexibility index (Phi) is 6.01. The van der Waals surface area contributed by atoms with Gasteiger partial charge in [0.2, 0.25) is 0 Å². The van der Waals surface area contributed by atoms with Crippen LogP contribution in [0.3, 0.4) is 0 Å². The molecule has 3 rings (SSSR count). The number of hydrogen-bond donors (Lipinski definition) is 2. The molecule has 0 saturated carbocycles. The summed E-state index contributed by atoms with van der Waals surface area (Å²) >= 11 is 0. The highest BCUT2D eigenvalue weighted by Crippen LogP contribution is 2.21. The van der Waals surface area contributed by atoms with Crippen LogP contribution in [0, 0.1) is 6.92 Å². The van der Waals surface area contributed by atoms with Gasteiger partial charge in [-0.05, 0) is 30.2 Å². The van der Waals surface area contributed by atoms with Gasteiger partial charge in [-0.15, -0.1) is 0 Å². The zero-order valence-corrected chi connectivity index (χ0v) is 14.7. The zero-order valence-electron chi connectivity index (χ0n) is 14.7. The van der Waals surface area contributed by atoms with Crippen LogP contribution >= 0.6 is 0 Å². The molecule has 3 aromatic rings. The van der Waals surface area contributed by atoms with E-state index < -0.39 is 0 Å². The van der Waals surface area contributed by atoms with Crippen LogP contribution in [0.1, 0.15) is 22.7 Å². The van der Waals surface area contributed by atoms with Crippen molar-refractivity contribution < 1.29 is 9.53 Å². The Morgan fingerprint density at radius 2 is 1.42 bits per heavy atom. The summed E-state index contributed by atoms with van der Waals surface area (Å²) in [5.74, 6) is 0.433. The van der Waals surface area contributed by atoms with E-state index in [0.29, 0.717) is 5.75 Å². The van der Waals surface area contributed by atoms with Crippen molar-refractivity contribution in [3.8, 4) is 5.75 Å². The summed E-state index contributed by atoms with van der Waals surface area (Å²) in [6, 6.07) is 27.4. The van der Waals surface area contributed by atoms with E-state index in [9.17, 15) is 4.79 Å². The fourth-order valence-corrected chi connectivity index (χ4v) is 2.62. The van der Waals surface area contributed by atoms with Gasteiger partial charge in [0.05, 0.1) is 6.04 Å². The first-order chi connectivity index (χ1) is 12.7. The van der Waals surface area contributed by atoms with E-state index >= 15 is 0 Å². The van der Waals surface area contributed by atoms with Gasteiger partial charge in [0.25, 0.3) is 5.91 Å². The Morgan fingerprint density at radius 3 is 2.08 bits per heavy atom. The predicted molar refractivity (Wildman–Crippen MR) is 103 cm³/mol. The minimum absolute atomic E-state index is 0.0492. The SMILES string of the molecule is Cc1ccc(C(NNC(=O)COc2ccccc2)c2ccccc2)cc1. The first-order valence-corrected chi connectivity index (χ1v) is 8.56. The summed E-state index contributed by atoms with van der Waals surface area (Å²) in [5, 5.41) is 0. The van der Waals surface area contributed by atoms with Crippen molar-refractivity contribution in [1.29, 1.82) is 0 Å². The maximum Gasteiger partial charge on any atom is 0.272 e. The number of aryl methyl sites for hydroxylation is 1. The molecule has 1 amide bonds. The molecular weight excluding hydrogens is 324 g/mol. The summed E-state index contributed by atoms with van der Waals surface area (Å²) < 4.78 is 5.48. The monoisotopic (exact) mass is 346 g/mol. The summed E-state index contributed by atoms with van der Waals surface area (Å²) in [7, 11) is 0. The van der Waals surface area contributed by atoms with E-state index in [1.54, 1.807) is 0 Å². The minimum Gasteiger partial charge on any atom is -0.484 e. The fraction of sp³-hybridized carbons (Fsp3) is 0.136. The normalized spacial score (nSPS) is 11.6. The Bertz CT molecular complexity index is 818. The molecule has 0 aromatic heterocycles. The van der Waals surface area contributed by atoms with Crippen LogP contribution in [-0.4, -0.2) is 12.5 Å². The highest BCUT2D eigenvalue weighted by molar-refractivity contribution is 5.77. The molecule has 4 heteroatoms. The van der Waals surface area contributed by atoms with Gasteiger partial charge in [0, 0.05) is 0 Å². The van der Waals surface area contributed by atoms with Crippen molar-refractivity contribution in [2.24, 2.45) is 0 Å². The number of para-hydroxylation sites is 1. The fourth-order valence-electron chi connectivity index (χ4n) is 2.62. The molecular formula is C22H22N2O2. The highest BCUT2D eigenvalue weighted by atomic mass is 16.5. The molecule has 0 fully saturated rings. The molecule has 0 spiro atoms. The Morgan fingerprint density at radius 1 is 0.846 bits per heavy atom. The topological polar surface area (TPSA) is 50.4 Å². The van der Waals surface area contributed by atoms with E-state index in [-0.39, 0.29) is 18.6 Å². The van der Waals surface area contributed by atoms with Crippen molar-refractivity contribution in [3.05, 3.63) is 102 Å². The van der Waals surface area contributed by atoms with Crippen LogP contribution in [-0.2, 0) is 4.79 Å². The molecule has 0 aliphatic carbocycles. The molecule has 1 unspecified atom stereocenters. The van der Waals surface area contributed by atoms with Crippen LogP contribution in [0.4, 0.5) is 0 Å². The lowest BCUT2D eigenvalue weighted by atomic mass is 9.98. The second kappa shape index (κ2) is 8.83. The largest absolute Gasteiger partial charge is 0.484 e. The average molecular weight is 346 g/mol. The number of ether oxygens (including phenoxy) is 1. The number of hydrazine groups is 1. The van der Waals surface area contributed by atoms with E-state index in [4.69, 9.17) is 4.74 Å². The van der Waals surface area contributed by atoms with E-state index in [1.807, 2.05) is 60.7 Å². The predicted octanol–water partition coefficient (Wildman–Crippen LogP) is 3.78. The molecule has 3 aromatic carbocycles. The van der Waals surface area contributed by atoms with Gasteiger partial charge in [0.15, 0.2) is 6.61 Å². The van der Waals surface area contributed by atoms with Crippen LogP contribution in [0.15, 0.2) is 84.9 Å². The first kappa shape index (κ1) is 17.7. The van der Waals surface area contributed by atoms with Crippen LogP contribution < -0.4 is 15.6 Å². The van der Waals surface area contributed by atoms with Gasteiger partial charge in [0.1, 0.15) is 5.75 Å². The lowest BCUT2D eigenvalue weighted by molar-refractivity contribution is -0.124. The summed E-state index contributed by atoms with van der Waals surface area (Å²) in [4.78, 5) is 12.1. The molecule has 0 aliphatic rings. The summed E-state index contributed by atoms with van der Waals surface area (Å²) in [5.41, 5.74) is 9.22. The van der Waals surface area contributed by atoms with Crippen molar-refractivity contribution in [3.63, 3.8) is 0 Å². The average Bonchev–Trinajstić information content (AvgIpc) is 2.69. The lowest BCUT2D eigenvalue weighted by Gasteiger charge is -2.20. The smallest absolute Gasteiger partial charge is 0.272 e. The Hall–Kier alpha value is -3.11. The number of rotatable bonds is 7. The Labute approximate surface area is 153 Å². The van der Waals surface area contributed by atoms with Crippen molar-refractivity contribution in [1.82, 2.24) is 10.9 Å². The van der Waals surface area contributed by atoms with Crippen LogP contribution in [0.5, 0.6) is 5.75 Å². The molecule has 0 aliphatic heterocycles. The molecule has 0 saturated heterocycles. The van der Waals surface area contributed by atoms with Gasteiger partial charge < -0.3 is 4.74 Å². The third-order valence-electron chi connectivity index (χ3n) is 4.01. The number of carbonyl (C=O) groups is 1. The number of hydrogen-bond acceptors (Lipinski definition) is 3. The second-order valence-electron chi connectivity index (χ2n) is 6.05. The van der Waals surface area contributed by atoms with Crippen molar-refractivity contribution >= 4 is 5.91 Å². The highest BCUT2D eigenvalue weighted by Gasteiger charge is 2.14. The minimum atomic E-state index is -0.234. The molecule has 132 valence electrons. The van der Waals surface area contributed by atoms with Gasteiger partial charge in [-0.1, -0.05) is 78.4 Å². The van der Waals surface area contributed by atoms with Crippen LogP contribution in [0.2, 0.25) is 0 Å². The van der Waals surface area contributed by atoms with E-state index in [2.05, 4.69) is 42.0 Å². The quantitative estimate of drug-likeness (QED) is 0.640. The molecule has 2 N–H and O–H groups in total. The second-order valence-corrected chi connectivity index (χ2v) is 6.05. The van der Waals surface area contributed by atoms with Crippen LogP contribution in [0.25, 0.3) is 0 Å². The molecule has 0 radical (unpaired) electrons. The van der Waals surface area contributed by atoms with Gasteiger partial charge in [-0.2, -0.15) is 0 Å². The molecule has 1 atom stereocenters. The summed E-state index contributed by atoms with van der Waals surface area (Å²) in [6.07, 6.45) is 0. The lowest BCUT2D eigenvalue weighted by Crippen LogP contribution is -2.42. The number of nitrogens with one attached hydrogen (secondary N) is 2.